The average Bonchev–Trinajstić information content (AvgIpc) is 3.22. The third-order valence-corrected chi connectivity index (χ3v) is 4.25. The molecule has 2 rings (SSSR count). The number of hydrogen-bond donors (Lipinski definition) is 2. The van der Waals surface area contributed by atoms with E-state index in [0.717, 1.165) is 23.4 Å². The van der Waals surface area contributed by atoms with Gasteiger partial charge in [0, 0.05) is 18.8 Å². The lowest BCUT2D eigenvalue weighted by Gasteiger charge is -2.13. The maximum absolute atomic E-state index is 12.4. The number of amides is 2. The van der Waals surface area contributed by atoms with Gasteiger partial charge in [-0.2, -0.15) is 0 Å². The summed E-state index contributed by atoms with van der Waals surface area (Å²) in [7, 11) is 3.93. The molecule has 0 spiro atoms. The van der Waals surface area contributed by atoms with Crippen molar-refractivity contribution in [2.75, 3.05) is 32.5 Å². The fourth-order valence-electron chi connectivity index (χ4n) is 2.90. The molecule has 2 amide bonds. The van der Waals surface area contributed by atoms with Crippen LogP contribution in [0.3, 0.4) is 0 Å². The standard InChI is InChI=1S/C18H27N3O2/c1-11-8-12(2)16(13(3)9-11)20-18(23)15-10-14(15)17(22)19-6-7-21(4)5/h8-9,14-15H,6-7,10H2,1-5H3,(H,19,22)(H,20,23). The fourth-order valence-corrected chi connectivity index (χ4v) is 2.90. The van der Waals surface area contributed by atoms with Crippen LogP contribution in [0.5, 0.6) is 0 Å². The summed E-state index contributed by atoms with van der Waals surface area (Å²) in [5.41, 5.74) is 4.17. The van der Waals surface area contributed by atoms with E-state index in [-0.39, 0.29) is 23.7 Å². The maximum atomic E-state index is 12.4. The van der Waals surface area contributed by atoms with Crippen molar-refractivity contribution in [2.24, 2.45) is 11.8 Å². The van der Waals surface area contributed by atoms with Crippen LogP contribution in [-0.2, 0) is 9.59 Å². The van der Waals surface area contributed by atoms with Gasteiger partial charge in [-0.15, -0.1) is 0 Å². The van der Waals surface area contributed by atoms with Crippen LogP contribution in [0.15, 0.2) is 12.1 Å². The summed E-state index contributed by atoms with van der Waals surface area (Å²) in [6.07, 6.45) is 0.642. The zero-order chi connectivity index (χ0) is 17.1. The number of benzene rings is 1. The Balaban J connectivity index is 1.88. The number of nitrogens with one attached hydrogen (secondary N) is 2. The van der Waals surface area contributed by atoms with E-state index in [1.54, 1.807) is 0 Å². The molecule has 1 fully saturated rings. The number of aryl methyl sites for hydroxylation is 3. The Bertz CT molecular complexity index is 587. The Morgan fingerprint density at radius 2 is 1.65 bits per heavy atom. The molecule has 0 bridgehead atoms. The fraction of sp³-hybridized carbons (Fsp3) is 0.556. The molecule has 5 heteroatoms. The molecule has 1 aliphatic carbocycles. The molecule has 5 nitrogen and oxygen atoms in total. The van der Waals surface area contributed by atoms with Gasteiger partial charge in [-0.1, -0.05) is 17.7 Å². The van der Waals surface area contributed by atoms with Crippen molar-refractivity contribution in [2.45, 2.75) is 27.2 Å². The van der Waals surface area contributed by atoms with Gasteiger partial charge in [-0.3, -0.25) is 9.59 Å². The van der Waals surface area contributed by atoms with E-state index in [1.165, 1.54) is 5.56 Å². The van der Waals surface area contributed by atoms with Gasteiger partial charge in [0.05, 0.1) is 11.8 Å². The van der Waals surface area contributed by atoms with Crippen molar-refractivity contribution < 1.29 is 9.59 Å². The van der Waals surface area contributed by atoms with Crippen molar-refractivity contribution in [1.82, 2.24) is 10.2 Å². The molecular formula is C18H27N3O2. The number of likely N-dealkylation sites (N-methyl/N-ethyl adjacent to an activating group) is 1. The number of carbonyl (C=O) groups is 2. The monoisotopic (exact) mass is 317 g/mol. The van der Waals surface area contributed by atoms with Crippen LogP contribution < -0.4 is 10.6 Å². The summed E-state index contributed by atoms with van der Waals surface area (Å²) in [5.74, 6) is -0.435. The third-order valence-electron chi connectivity index (χ3n) is 4.25. The maximum Gasteiger partial charge on any atom is 0.228 e. The first-order chi connectivity index (χ1) is 10.8. The van der Waals surface area contributed by atoms with Gasteiger partial charge in [-0.05, 0) is 52.4 Å². The van der Waals surface area contributed by atoms with Gasteiger partial charge in [0.15, 0.2) is 0 Å². The molecule has 1 aromatic rings. The minimum Gasteiger partial charge on any atom is -0.355 e. The first kappa shape index (κ1) is 17.5. The van der Waals surface area contributed by atoms with Crippen LogP contribution in [0.25, 0.3) is 0 Å². The largest absolute Gasteiger partial charge is 0.355 e. The first-order valence-corrected chi connectivity index (χ1v) is 8.10. The number of nitrogens with zero attached hydrogens (tertiary/aromatic N) is 1. The molecule has 1 aromatic carbocycles. The van der Waals surface area contributed by atoms with Crippen molar-refractivity contribution in [3.05, 3.63) is 28.8 Å². The smallest absolute Gasteiger partial charge is 0.228 e. The number of carbonyl (C=O) groups excluding carboxylic acids is 2. The molecule has 0 heterocycles. The highest BCUT2D eigenvalue weighted by Crippen LogP contribution is 2.40. The molecule has 1 saturated carbocycles. The Morgan fingerprint density at radius 1 is 1.09 bits per heavy atom. The van der Waals surface area contributed by atoms with E-state index in [4.69, 9.17) is 0 Å². The molecule has 23 heavy (non-hydrogen) atoms. The lowest BCUT2D eigenvalue weighted by molar-refractivity contribution is -0.125. The molecule has 1 aliphatic rings. The second kappa shape index (κ2) is 7.13. The Morgan fingerprint density at radius 3 is 2.22 bits per heavy atom. The van der Waals surface area contributed by atoms with Gasteiger partial charge >= 0.3 is 0 Å². The second-order valence-electron chi connectivity index (χ2n) is 6.81. The van der Waals surface area contributed by atoms with Crippen LogP contribution in [0.2, 0.25) is 0 Å². The van der Waals surface area contributed by atoms with Gasteiger partial charge in [0.25, 0.3) is 0 Å². The topological polar surface area (TPSA) is 61.4 Å². The minimum atomic E-state index is -0.200. The number of hydrogen-bond acceptors (Lipinski definition) is 3. The Kier molecular flexibility index (Phi) is 5.42. The van der Waals surface area contributed by atoms with Crippen molar-refractivity contribution >= 4 is 17.5 Å². The van der Waals surface area contributed by atoms with E-state index in [2.05, 4.69) is 22.8 Å². The van der Waals surface area contributed by atoms with Gasteiger partial charge in [-0.25, -0.2) is 0 Å². The van der Waals surface area contributed by atoms with E-state index in [1.807, 2.05) is 39.8 Å². The zero-order valence-electron chi connectivity index (χ0n) is 14.7. The molecule has 0 aromatic heterocycles. The van der Waals surface area contributed by atoms with E-state index < -0.39 is 0 Å². The highest BCUT2D eigenvalue weighted by atomic mass is 16.2. The quantitative estimate of drug-likeness (QED) is 0.842. The van der Waals surface area contributed by atoms with Gasteiger partial charge in [0.2, 0.25) is 11.8 Å². The predicted octanol–water partition coefficient (Wildman–Crippen LogP) is 1.86. The first-order valence-electron chi connectivity index (χ1n) is 8.10. The Hall–Kier alpha value is -1.88. The summed E-state index contributed by atoms with van der Waals surface area (Å²) >= 11 is 0. The van der Waals surface area contributed by atoms with E-state index in [0.29, 0.717) is 13.0 Å². The second-order valence-corrected chi connectivity index (χ2v) is 6.81. The van der Waals surface area contributed by atoms with Crippen molar-refractivity contribution in [3.63, 3.8) is 0 Å². The van der Waals surface area contributed by atoms with Crippen molar-refractivity contribution in [3.8, 4) is 0 Å². The van der Waals surface area contributed by atoms with E-state index in [9.17, 15) is 9.59 Å². The summed E-state index contributed by atoms with van der Waals surface area (Å²) in [6, 6.07) is 4.11. The van der Waals surface area contributed by atoms with Crippen molar-refractivity contribution in [1.29, 1.82) is 0 Å². The summed E-state index contributed by atoms with van der Waals surface area (Å²) < 4.78 is 0. The molecule has 2 unspecified atom stereocenters. The molecule has 0 saturated heterocycles. The molecule has 2 atom stereocenters. The van der Waals surface area contributed by atoms with Crippen LogP contribution in [0.4, 0.5) is 5.69 Å². The SMILES string of the molecule is Cc1cc(C)c(NC(=O)C2CC2C(=O)NCCN(C)C)c(C)c1. The third kappa shape index (κ3) is 4.55. The Labute approximate surface area is 138 Å². The highest BCUT2D eigenvalue weighted by molar-refractivity contribution is 6.00. The normalized spacial score (nSPS) is 19.6. The summed E-state index contributed by atoms with van der Waals surface area (Å²) in [6.45, 7) is 7.45. The molecule has 126 valence electrons. The lowest BCUT2D eigenvalue weighted by Crippen LogP contribution is -2.33. The molecule has 0 radical (unpaired) electrons. The lowest BCUT2D eigenvalue weighted by atomic mass is 10.0. The average molecular weight is 317 g/mol. The highest BCUT2D eigenvalue weighted by Gasteiger charge is 2.48. The van der Waals surface area contributed by atoms with Gasteiger partial charge < -0.3 is 15.5 Å². The molecule has 2 N–H and O–H groups in total. The summed E-state index contributed by atoms with van der Waals surface area (Å²) in [5, 5.41) is 5.89. The van der Waals surface area contributed by atoms with Crippen LogP contribution >= 0.6 is 0 Å². The van der Waals surface area contributed by atoms with Crippen LogP contribution in [0.1, 0.15) is 23.1 Å². The molecule has 0 aliphatic heterocycles. The van der Waals surface area contributed by atoms with Crippen LogP contribution in [-0.4, -0.2) is 43.9 Å². The number of anilines is 1. The predicted molar refractivity (Wildman–Crippen MR) is 92.4 cm³/mol. The summed E-state index contributed by atoms with van der Waals surface area (Å²) in [4.78, 5) is 26.4. The van der Waals surface area contributed by atoms with E-state index >= 15 is 0 Å². The van der Waals surface area contributed by atoms with Gasteiger partial charge in [0.1, 0.15) is 0 Å². The molecular weight excluding hydrogens is 290 g/mol. The zero-order valence-corrected chi connectivity index (χ0v) is 14.7. The minimum absolute atomic E-state index is 0.00986. The van der Waals surface area contributed by atoms with Crippen LogP contribution in [0, 0.1) is 32.6 Å². The number of rotatable bonds is 6.